The van der Waals surface area contributed by atoms with E-state index in [4.69, 9.17) is 0 Å². The second-order valence-electron chi connectivity index (χ2n) is 10.2. The molecule has 0 saturated heterocycles. The van der Waals surface area contributed by atoms with E-state index in [2.05, 4.69) is 31.2 Å². The molecule has 0 aliphatic heterocycles. The first-order chi connectivity index (χ1) is 16.0. The van der Waals surface area contributed by atoms with Crippen molar-refractivity contribution in [1.82, 2.24) is 4.90 Å². The molecule has 2 saturated carbocycles. The SMILES string of the molecule is CC.CCCCC1CCC(CCc2ccc(C3CCC(N(C(C)=O)C(C)=O)CC3)cc2)CC1. The third kappa shape index (κ3) is 8.58. The number of unbranched alkanes of at least 4 members (excludes halogenated alkanes) is 1. The number of aryl methyl sites for hydroxylation is 1. The van der Waals surface area contributed by atoms with Crippen LogP contribution in [0.4, 0.5) is 0 Å². The number of imide groups is 1. The quantitative estimate of drug-likeness (QED) is 0.397. The Kier molecular flexibility index (Phi) is 12.2. The lowest BCUT2D eigenvalue weighted by Gasteiger charge is -2.35. The molecule has 3 nitrogen and oxygen atoms in total. The Morgan fingerprint density at radius 1 is 0.788 bits per heavy atom. The van der Waals surface area contributed by atoms with Gasteiger partial charge in [-0.2, -0.15) is 0 Å². The number of hydrogen-bond acceptors (Lipinski definition) is 2. The molecule has 0 unspecified atom stereocenters. The van der Waals surface area contributed by atoms with E-state index in [9.17, 15) is 9.59 Å². The van der Waals surface area contributed by atoms with Crippen molar-refractivity contribution in [3.8, 4) is 0 Å². The zero-order chi connectivity index (χ0) is 24.2. The van der Waals surface area contributed by atoms with Crippen LogP contribution < -0.4 is 0 Å². The van der Waals surface area contributed by atoms with Crippen LogP contribution in [-0.4, -0.2) is 22.8 Å². The topological polar surface area (TPSA) is 37.4 Å². The average molecular weight is 456 g/mol. The highest BCUT2D eigenvalue weighted by molar-refractivity contribution is 5.93. The van der Waals surface area contributed by atoms with Crippen molar-refractivity contribution >= 4 is 11.8 Å². The zero-order valence-corrected chi connectivity index (χ0v) is 22.1. The van der Waals surface area contributed by atoms with Gasteiger partial charge in [0.05, 0.1) is 0 Å². The van der Waals surface area contributed by atoms with Crippen LogP contribution >= 0.6 is 0 Å². The minimum atomic E-state index is -0.116. The van der Waals surface area contributed by atoms with Crippen molar-refractivity contribution in [2.75, 3.05) is 0 Å². The van der Waals surface area contributed by atoms with E-state index in [-0.39, 0.29) is 17.9 Å². The summed E-state index contributed by atoms with van der Waals surface area (Å²) in [6.45, 7) is 9.31. The van der Waals surface area contributed by atoms with Crippen LogP contribution in [0.1, 0.15) is 129 Å². The Labute approximate surface area is 203 Å². The summed E-state index contributed by atoms with van der Waals surface area (Å²) in [7, 11) is 0. The van der Waals surface area contributed by atoms with Crippen LogP contribution in [0.5, 0.6) is 0 Å². The highest BCUT2D eigenvalue weighted by atomic mass is 16.2. The van der Waals surface area contributed by atoms with Crippen LogP contribution in [0.3, 0.4) is 0 Å². The van der Waals surface area contributed by atoms with Crippen LogP contribution in [-0.2, 0) is 16.0 Å². The molecule has 0 heterocycles. The minimum Gasteiger partial charge on any atom is -0.280 e. The largest absolute Gasteiger partial charge is 0.280 e. The summed E-state index contributed by atoms with van der Waals surface area (Å²) in [6, 6.07) is 9.42. The zero-order valence-electron chi connectivity index (χ0n) is 22.1. The fourth-order valence-corrected chi connectivity index (χ4v) is 6.03. The molecule has 186 valence electrons. The van der Waals surface area contributed by atoms with Gasteiger partial charge in [0.25, 0.3) is 0 Å². The predicted molar refractivity (Wildman–Crippen MR) is 139 cm³/mol. The van der Waals surface area contributed by atoms with Gasteiger partial charge >= 0.3 is 0 Å². The molecule has 1 aromatic rings. The first-order valence-electron chi connectivity index (χ1n) is 13.9. The van der Waals surface area contributed by atoms with Crippen molar-refractivity contribution in [2.24, 2.45) is 11.8 Å². The molecule has 33 heavy (non-hydrogen) atoms. The van der Waals surface area contributed by atoms with E-state index < -0.39 is 0 Å². The van der Waals surface area contributed by atoms with E-state index in [1.54, 1.807) is 0 Å². The van der Waals surface area contributed by atoms with Crippen LogP contribution in [0.15, 0.2) is 24.3 Å². The number of benzene rings is 1. The summed E-state index contributed by atoms with van der Waals surface area (Å²) in [5.74, 6) is 2.26. The molecule has 2 fully saturated rings. The Morgan fingerprint density at radius 2 is 1.30 bits per heavy atom. The van der Waals surface area contributed by atoms with Gasteiger partial charge in [0.2, 0.25) is 11.8 Å². The van der Waals surface area contributed by atoms with Gasteiger partial charge in [-0.25, -0.2) is 0 Å². The van der Waals surface area contributed by atoms with Crippen LogP contribution in [0, 0.1) is 11.8 Å². The van der Waals surface area contributed by atoms with E-state index in [0.29, 0.717) is 5.92 Å². The molecule has 2 aliphatic carbocycles. The maximum absolute atomic E-state index is 11.8. The van der Waals surface area contributed by atoms with Gasteiger partial charge in [-0.1, -0.05) is 90.0 Å². The van der Waals surface area contributed by atoms with Gasteiger partial charge in [-0.05, 0) is 67.4 Å². The van der Waals surface area contributed by atoms with Gasteiger partial charge < -0.3 is 0 Å². The molecule has 3 heteroatoms. The van der Waals surface area contributed by atoms with Gasteiger partial charge in [0.15, 0.2) is 0 Å². The first-order valence-corrected chi connectivity index (χ1v) is 13.9. The first kappa shape index (κ1) is 27.6. The molecular weight excluding hydrogens is 406 g/mol. The number of hydrogen-bond donors (Lipinski definition) is 0. The lowest BCUT2D eigenvalue weighted by Crippen LogP contribution is -2.43. The number of carbonyl (C=O) groups excluding carboxylic acids is 2. The molecule has 0 atom stereocenters. The Hall–Kier alpha value is -1.64. The standard InChI is InChI=1S/C28H43NO2.C2H6/c1-4-5-6-23-7-9-24(10-8-23)11-12-25-13-15-26(16-14-25)27-17-19-28(20-18-27)29(21(2)30)22(3)31;1-2/h13-16,23-24,27-28H,4-12,17-20H2,1-3H3;1-2H3. The average Bonchev–Trinajstić information content (AvgIpc) is 2.84. The van der Waals surface area contributed by atoms with Gasteiger partial charge in [0.1, 0.15) is 0 Å². The van der Waals surface area contributed by atoms with Gasteiger partial charge in [0, 0.05) is 19.9 Å². The lowest BCUT2D eigenvalue weighted by molar-refractivity contribution is -0.145. The second kappa shape index (κ2) is 14.6. The fraction of sp³-hybridized carbons (Fsp3) is 0.733. The van der Waals surface area contributed by atoms with Crippen LogP contribution in [0.25, 0.3) is 0 Å². The number of carbonyl (C=O) groups is 2. The molecule has 0 bridgehead atoms. The van der Waals surface area contributed by atoms with Gasteiger partial charge in [-0.15, -0.1) is 0 Å². The fourth-order valence-electron chi connectivity index (χ4n) is 6.03. The monoisotopic (exact) mass is 455 g/mol. The Balaban J connectivity index is 0.00000187. The predicted octanol–water partition coefficient (Wildman–Crippen LogP) is 8.06. The molecule has 0 aromatic heterocycles. The Morgan fingerprint density at radius 3 is 1.79 bits per heavy atom. The summed E-state index contributed by atoms with van der Waals surface area (Å²) in [5.41, 5.74) is 2.90. The maximum atomic E-state index is 11.8. The molecule has 0 spiro atoms. The van der Waals surface area contributed by atoms with E-state index in [0.717, 1.165) is 37.5 Å². The summed E-state index contributed by atoms with van der Waals surface area (Å²) >= 11 is 0. The van der Waals surface area contributed by atoms with Crippen molar-refractivity contribution in [3.05, 3.63) is 35.4 Å². The number of rotatable bonds is 8. The molecule has 3 rings (SSSR count). The summed E-state index contributed by atoms with van der Waals surface area (Å²) in [5, 5.41) is 0. The lowest BCUT2D eigenvalue weighted by atomic mass is 9.77. The third-order valence-electron chi connectivity index (χ3n) is 7.96. The summed E-state index contributed by atoms with van der Waals surface area (Å²) in [4.78, 5) is 25.1. The summed E-state index contributed by atoms with van der Waals surface area (Å²) < 4.78 is 0. The third-order valence-corrected chi connectivity index (χ3v) is 7.96. The molecule has 1 aromatic carbocycles. The minimum absolute atomic E-state index is 0.0857. The van der Waals surface area contributed by atoms with Crippen molar-refractivity contribution in [1.29, 1.82) is 0 Å². The molecule has 0 N–H and O–H groups in total. The van der Waals surface area contributed by atoms with E-state index in [1.165, 1.54) is 87.7 Å². The van der Waals surface area contributed by atoms with Crippen molar-refractivity contribution < 1.29 is 9.59 Å². The molecule has 2 amide bonds. The highest BCUT2D eigenvalue weighted by Crippen LogP contribution is 2.36. The van der Waals surface area contributed by atoms with Crippen molar-refractivity contribution in [2.45, 2.75) is 130 Å². The van der Waals surface area contributed by atoms with E-state index in [1.807, 2.05) is 13.8 Å². The molecule has 0 radical (unpaired) electrons. The summed E-state index contributed by atoms with van der Waals surface area (Å²) in [6.07, 6.45) is 16.5. The molecular formula is C30H49NO2. The van der Waals surface area contributed by atoms with Crippen molar-refractivity contribution in [3.63, 3.8) is 0 Å². The highest BCUT2D eigenvalue weighted by Gasteiger charge is 2.30. The number of nitrogens with zero attached hydrogens (tertiary/aromatic N) is 1. The van der Waals surface area contributed by atoms with Gasteiger partial charge in [-0.3, -0.25) is 14.5 Å². The number of amides is 2. The molecule has 2 aliphatic rings. The second-order valence-corrected chi connectivity index (χ2v) is 10.2. The Bertz CT molecular complexity index is 681. The van der Waals surface area contributed by atoms with E-state index >= 15 is 0 Å². The van der Waals surface area contributed by atoms with Crippen LogP contribution in [0.2, 0.25) is 0 Å². The smallest absolute Gasteiger partial charge is 0.226 e. The normalized spacial score (nSPS) is 25.0. The maximum Gasteiger partial charge on any atom is 0.226 e.